The second-order valence-electron chi connectivity index (χ2n) is 5.75. The van der Waals surface area contributed by atoms with Crippen LogP contribution in [0.2, 0.25) is 0 Å². The largest absolute Gasteiger partial charge is 0.399 e. The van der Waals surface area contributed by atoms with E-state index in [4.69, 9.17) is 5.73 Å². The average molecular weight is 246 g/mol. The van der Waals surface area contributed by atoms with Gasteiger partial charge < -0.3 is 5.73 Å². The summed E-state index contributed by atoms with van der Waals surface area (Å²) < 4.78 is 0. The van der Waals surface area contributed by atoms with E-state index < -0.39 is 0 Å². The van der Waals surface area contributed by atoms with Crippen molar-refractivity contribution in [2.24, 2.45) is 5.92 Å². The smallest absolute Gasteiger partial charge is 0.0317 e. The third-order valence-electron chi connectivity index (χ3n) is 4.34. The summed E-state index contributed by atoms with van der Waals surface area (Å²) in [5, 5.41) is 0. The molecule has 2 nitrogen and oxygen atoms in total. The molecule has 0 amide bonds. The molecule has 0 bridgehead atoms. The number of hydrogen-bond acceptors (Lipinski definition) is 2. The molecule has 2 atom stereocenters. The zero-order chi connectivity index (χ0) is 13.0. The van der Waals surface area contributed by atoms with Crippen molar-refractivity contribution in [3.8, 4) is 0 Å². The van der Waals surface area contributed by atoms with E-state index in [0.29, 0.717) is 0 Å². The Morgan fingerprint density at radius 1 is 1.33 bits per heavy atom. The number of nitrogens with two attached hydrogens (primary N) is 1. The van der Waals surface area contributed by atoms with Gasteiger partial charge >= 0.3 is 0 Å². The molecule has 0 heterocycles. The quantitative estimate of drug-likeness (QED) is 0.821. The summed E-state index contributed by atoms with van der Waals surface area (Å²) in [7, 11) is 2.26. The first-order chi connectivity index (χ1) is 8.69. The molecule has 1 saturated carbocycles. The summed E-state index contributed by atoms with van der Waals surface area (Å²) in [6.07, 6.45) is 6.89. The fourth-order valence-electron chi connectivity index (χ4n) is 3.14. The highest BCUT2D eigenvalue weighted by atomic mass is 15.1. The second-order valence-corrected chi connectivity index (χ2v) is 5.75. The van der Waals surface area contributed by atoms with Crippen molar-refractivity contribution in [1.82, 2.24) is 4.90 Å². The maximum Gasteiger partial charge on any atom is 0.0317 e. The number of anilines is 1. The molecule has 0 spiro atoms. The van der Waals surface area contributed by atoms with Crippen LogP contribution in [0, 0.1) is 5.92 Å². The van der Waals surface area contributed by atoms with Crippen molar-refractivity contribution in [3.05, 3.63) is 29.8 Å². The van der Waals surface area contributed by atoms with E-state index in [0.717, 1.165) is 24.2 Å². The standard InChI is InChI=1S/C16H26N2/c1-3-13-6-5-9-16(11-13)18(2)12-14-7-4-8-15(17)10-14/h4,7-8,10,13,16H,3,5-6,9,11-12,17H2,1-2H3. The number of rotatable bonds is 4. The summed E-state index contributed by atoms with van der Waals surface area (Å²) in [5.41, 5.74) is 8.04. The topological polar surface area (TPSA) is 29.3 Å². The Kier molecular flexibility index (Phi) is 4.65. The Morgan fingerprint density at radius 2 is 2.17 bits per heavy atom. The maximum absolute atomic E-state index is 5.84. The van der Waals surface area contributed by atoms with Gasteiger partial charge in [-0.3, -0.25) is 4.90 Å². The molecule has 1 aliphatic carbocycles. The van der Waals surface area contributed by atoms with Gasteiger partial charge in [0.15, 0.2) is 0 Å². The summed E-state index contributed by atoms with van der Waals surface area (Å²) in [5.74, 6) is 0.937. The van der Waals surface area contributed by atoms with E-state index in [9.17, 15) is 0 Å². The zero-order valence-electron chi connectivity index (χ0n) is 11.7. The van der Waals surface area contributed by atoms with Crippen LogP contribution in [0.15, 0.2) is 24.3 Å². The van der Waals surface area contributed by atoms with Crippen molar-refractivity contribution in [2.75, 3.05) is 12.8 Å². The van der Waals surface area contributed by atoms with Gasteiger partial charge in [0.1, 0.15) is 0 Å². The van der Waals surface area contributed by atoms with E-state index in [1.807, 2.05) is 12.1 Å². The fraction of sp³-hybridized carbons (Fsp3) is 0.625. The van der Waals surface area contributed by atoms with Crippen LogP contribution in [0.5, 0.6) is 0 Å². The first-order valence-corrected chi connectivity index (χ1v) is 7.23. The van der Waals surface area contributed by atoms with Gasteiger partial charge in [0.2, 0.25) is 0 Å². The summed E-state index contributed by atoms with van der Waals surface area (Å²) in [6, 6.07) is 9.03. The van der Waals surface area contributed by atoms with Gasteiger partial charge in [-0.25, -0.2) is 0 Å². The van der Waals surface area contributed by atoms with Gasteiger partial charge in [0.05, 0.1) is 0 Å². The van der Waals surface area contributed by atoms with Crippen molar-refractivity contribution in [2.45, 2.75) is 51.6 Å². The highest BCUT2D eigenvalue weighted by Crippen LogP contribution is 2.29. The Hall–Kier alpha value is -1.02. The Bertz CT molecular complexity index is 375. The third-order valence-corrected chi connectivity index (χ3v) is 4.34. The predicted molar refractivity (Wildman–Crippen MR) is 78.4 cm³/mol. The van der Waals surface area contributed by atoms with E-state index >= 15 is 0 Å². The van der Waals surface area contributed by atoms with Crippen LogP contribution in [-0.2, 0) is 6.54 Å². The van der Waals surface area contributed by atoms with E-state index in [1.54, 1.807) is 0 Å². The lowest BCUT2D eigenvalue weighted by Crippen LogP contribution is -2.35. The van der Waals surface area contributed by atoms with E-state index in [2.05, 4.69) is 31.0 Å². The van der Waals surface area contributed by atoms with Crippen LogP contribution in [-0.4, -0.2) is 18.0 Å². The molecule has 1 aromatic carbocycles. The van der Waals surface area contributed by atoms with Crippen molar-refractivity contribution in [3.63, 3.8) is 0 Å². The zero-order valence-corrected chi connectivity index (χ0v) is 11.7. The molecule has 0 aromatic heterocycles. The molecule has 2 unspecified atom stereocenters. The highest BCUT2D eigenvalue weighted by Gasteiger charge is 2.23. The van der Waals surface area contributed by atoms with Crippen molar-refractivity contribution < 1.29 is 0 Å². The number of hydrogen-bond donors (Lipinski definition) is 1. The normalized spacial score (nSPS) is 24.4. The van der Waals surface area contributed by atoms with Gasteiger partial charge in [-0.05, 0) is 43.5 Å². The molecular formula is C16H26N2. The minimum atomic E-state index is 0.755. The van der Waals surface area contributed by atoms with Crippen LogP contribution in [0.25, 0.3) is 0 Å². The molecule has 18 heavy (non-hydrogen) atoms. The van der Waals surface area contributed by atoms with Crippen LogP contribution < -0.4 is 5.73 Å². The van der Waals surface area contributed by atoms with Gasteiger partial charge in [-0.1, -0.05) is 38.3 Å². The minimum Gasteiger partial charge on any atom is -0.399 e. The molecule has 2 heteroatoms. The molecule has 100 valence electrons. The monoisotopic (exact) mass is 246 g/mol. The highest BCUT2D eigenvalue weighted by molar-refractivity contribution is 5.40. The molecule has 1 aliphatic rings. The average Bonchev–Trinajstić information content (AvgIpc) is 2.39. The number of benzene rings is 1. The summed E-state index contributed by atoms with van der Waals surface area (Å²) in [6.45, 7) is 3.34. The Labute approximate surface area is 111 Å². The van der Waals surface area contributed by atoms with Crippen molar-refractivity contribution in [1.29, 1.82) is 0 Å². The Morgan fingerprint density at radius 3 is 2.89 bits per heavy atom. The number of nitrogens with zero attached hydrogens (tertiary/aromatic N) is 1. The molecule has 2 N–H and O–H groups in total. The molecule has 0 aliphatic heterocycles. The first kappa shape index (κ1) is 13.4. The SMILES string of the molecule is CCC1CCCC(N(C)Cc2cccc(N)c2)C1. The lowest BCUT2D eigenvalue weighted by atomic mass is 9.83. The van der Waals surface area contributed by atoms with Crippen LogP contribution in [0.3, 0.4) is 0 Å². The lowest BCUT2D eigenvalue weighted by molar-refractivity contribution is 0.150. The molecular weight excluding hydrogens is 220 g/mol. The van der Waals surface area contributed by atoms with E-state index in [-0.39, 0.29) is 0 Å². The summed E-state index contributed by atoms with van der Waals surface area (Å²) >= 11 is 0. The number of nitrogen functional groups attached to an aromatic ring is 1. The third kappa shape index (κ3) is 3.49. The Balaban J connectivity index is 1.93. The molecule has 2 rings (SSSR count). The van der Waals surface area contributed by atoms with Crippen LogP contribution >= 0.6 is 0 Å². The molecule has 1 fully saturated rings. The molecule has 0 radical (unpaired) electrons. The van der Waals surface area contributed by atoms with Crippen molar-refractivity contribution >= 4 is 5.69 Å². The summed E-state index contributed by atoms with van der Waals surface area (Å²) in [4.78, 5) is 2.51. The van der Waals surface area contributed by atoms with Gasteiger partial charge in [-0.15, -0.1) is 0 Å². The van der Waals surface area contributed by atoms with Gasteiger partial charge in [0, 0.05) is 18.3 Å². The lowest BCUT2D eigenvalue weighted by Gasteiger charge is -2.35. The van der Waals surface area contributed by atoms with Gasteiger partial charge in [-0.2, -0.15) is 0 Å². The molecule has 1 aromatic rings. The second kappa shape index (κ2) is 6.24. The van der Waals surface area contributed by atoms with Crippen LogP contribution in [0.4, 0.5) is 5.69 Å². The first-order valence-electron chi connectivity index (χ1n) is 7.23. The fourth-order valence-corrected chi connectivity index (χ4v) is 3.14. The van der Waals surface area contributed by atoms with E-state index in [1.165, 1.54) is 37.7 Å². The minimum absolute atomic E-state index is 0.755. The van der Waals surface area contributed by atoms with Crippen LogP contribution in [0.1, 0.15) is 44.6 Å². The van der Waals surface area contributed by atoms with Gasteiger partial charge in [0.25, 0.3) is 0 Å². The predicted octanol–water partition coefficient (Wildman–Crippen LogP) is 3.67. The maximum atomic E-state index is 5.84. The molecule has 0 saturated heterocycles.